The van der Waals surface area contributed by atoms with E-state index in [9.17, 15) is 0 Å². The topological polar surface area (TPSA) is 0 Å². The van der Waals surface area contributed by atoms with E-state index >= 15 is 0 Å². The van der Waals surface area contributed by atoms with Gasteiger partial charge in [0.05, 0.1) is 0 Å². The van der Waals surface area contributed by atoms with E-state index in [0.717, 1.165) is 0 Å². The average Bonchev–Trinajstić information content (AvgIpc) is 3.24. The van der Waals surface area contributed by atoms with E-state index in [-0.39, 0.29) is 0 Å². The van der Waals surface area contributed by atoms with Gasteiger partial charge in [-0.05, 0) is 281 Å². The van der Waals surface area contributed by atoms with Gasteiger partial charge in [-0.25, -0.2) is 0 Å². The Hall–Kier alpha value is 0. The maximum Gasteiger partial charge on any atom is -0.0315 e. The van der Waals surface area contributed by atoms with Crippen molar-refractivity contribution in [2.75, 3.05) is 0 Å². The van der Waals surface area contributed by atoms with Gasteiger partial charge in [0.1, 0.15) is 0 Å². The fourth-order valence-corrected chi connectivity index (χ4v) is 26.1. The molecule has 15 fully saturated rings. The summed E-state index contributed by atoms with van der Waals surface area (Å²) in [6, 6.07) is 0. The Balaban J connectivity index is 0.821. The van der Waals surface area contributed by atoms with Crippen LogP contribution in [0.25, 0.3) is 0 Å². The Labute approximate surface area is 331 Å². The molecule has 28 atom stereocenters. The van der Waals surface area contributed by atoms with Crippen LogP contribution < -0.4 is 0 Å². The first-order valence-corrected chi connectivity index (χ1v) is 26.8. The molecule has 15 rings (SSSR count). The van der Waals surface area contributed by atoms with Gasteiger partial charge in [0.15, 0.2) is 0 Å². The standard InChI is InChI=1S/C54H80/c1-3-11-29-27(9-1)31-13-5-15-33-35-17-7-19-37-43-26-46-42-24-22-40-30-12-4-2-10-28(30)32-14-6-16-34-36-18-8-20-38(50(36)54(42)52(40)48(32)34)44(46)25-45(43)41-23-21-39(29)51(47(31)33)53(41)49(35)37/h27-54H,1-26H2. The highest BCUT2D eigenvalue weighted by atomic mass is 14.8. The summed E-state index contributed by atoms with van der Waals surface area (Å²) in [5.74, 6) is 33.0. The van der Waals surface area contributed by atoms with E-state index in [4.69, 9.17) is 0 Å². The molecule has 0 heterocycles. The van der Waals surface area contributed by atoms with Crippen molar-refractivity contribution in [1.82, 2.24) is 0 Å². The monoisotopic (exact) mass is 729 g/mol. The number of hydrogen-bond acceptors (Lipinski definition) is 0. The predicted octanol–water partition coefficient (Wildman–Crippen LogP) is 13.6. The molecule has 28 unspecified atom stereocenters. The highest BCUT2D eigenvalue weighted by molar-refractivity contribution is 5.20. The van der Waals surface area contributed by atoms with E-state index in [1.54, 1.807) is 167 Å². The van der Waals surface area contributed by atoms with Gasteiger partial charge in [-0.15, -0.1) is 0 Å². The van der Waals surface area contributed by atoms with E-state index in [1.807, 2.05) is 0 Å². The molecule has 0 saturated heterocycles. The van der Waals surface area contributed by atoms with Gasteiger partial charge in [-0.2, -0.15) is 0 Å². The van der Waals surface area contributed by atoms with Crippen LogP contribution in [0.1, 0.15) is 167 Å². The lowest BCUT2D eigenvalue weighted by molar-refractivity contribution is -0.272. The largest absolute Gasteiger partial charge is 0.0530 e. The molecule has 0 aromatic carbocycles. The molecule has 0 spiro atoms. The van der Waals surface area contributed by atoms with Crippen LogP contribution in [0.3, 0.4) is 0 Å². The Bertz CT molecular complexity index is 1380. The molecule has 15 aliphatic carbocycles. The fourth-order valence-electron chi connectivity index (χ4n) is 26.1. The normalized spacial score (nSPS) is 67.6. The van der Waals surface area contributed by atoms with Crippen LogP contribution in [-0.4, -0.2) is 0 Å². The van der Waals surface area contributed by atoms with Crippen molar-refractivity contribution in [2.24, 2.45) is 166 Å². The molecule has 0 nitrogen and oxygen atoms in total. The first-order chi connectivity index (χ1) is 26.8. The van der Waals surface area contributed by atoms with Crippen LogP contribution in [-0.2, 0) is 0 Å². The van der Waals surface area contributed by atoms with Crippen LogP contribution in [0.5, 0.6) is 0 Å². The van der Waals surface area contributed by atoms with Crippen molar-refractivity contribution in [3.05, 3.63) is 0 Å². The molecular formula is C54H80. The zero-order valence-electron chi connectivity index (χ0n) is 34.6. The number of hydrogen-bond donors (Lipinski definition) is 0. The van der Waals surface area contributed by atoms with Crippen molar-refractivity contribution in [1.29, 1.82) is 0 Å². The van der Waals surface area contributed by atoms with Crippen molar-refractivity contribution in [3.8, 4) is 0 Å². The van der Waals surface area contributed by atoms with Crippen molar-refractivity contribution < 1.29 is 0 Å². The molecule has 0 amide bonds. The Morgan fingerprint density at radius 2 is 0.315 bits per heavy atom. The van der Waals surface area contributed by atoms with E-state index < -0.39 is 0 Å². The van der Waals surface area contributed by atoms with Crippen LogP contribution in [0.2, 0.25) is 0 Å². The number of fused-ring (bicyclic) bond motifs is 14. The van der Waals surface area contributed by atoms with Crippen LogP contribution >= 0.6 is 0 Å². The molecule has 15 saturated carbocycles. The van der Waals surface area contributed by atoms with Crippen molar-refractivity contribution >= 4 is 0 Å². The lowest BCUT2D eigenvalue weighted by Gasteiger charge is -2.75. The minimum Gasteiger partial charge on any atom is -0.0530 e. The molecule has 0 aromatic rings. The first kappa shape index (κ1) is 32.8. The zero-order valence-corrected chi connectivity index (χ0v) is 34.6. The van der Waals surface area contributed by atoms with Gasteiger partial charge in [0.2, 0.25) is 0 Å². The fraction of sp³-hybridized carbons (Fsp3) is 1.00. The minimum absolute atomic E-state index is 1.17. The van der Waals surface area contributed by atoms with Gasteiger partial charge in [0, 0.05) is 0 Å². The third-order valence-electron chi connectivity index (χ3n) is 26.0. The second kappa shape index (κ2) is 11.8. The van der Waals surface area contributed by atoms with Gasteiger partial charge >= 0.3 is 0 Å². The second-order valence-electron chi connectivity index (χ2n) is 25.8. The minimum atomic E-state index is 1.17. The summed E-state index contributed by atoms with van der Waals surface area (Å²) in [7, 11) is 0. The SMILES string of the molecule is C1CCC2C(C1)C1CCCC3C4CCCC5C6CC7C(CC6C6CCC2C(C13)C6C54)C1CCCC2C3CCCC4C5CCCCC5C5CCC7C(C12)C5C43. The molecule has 0 heteroatoms. The van der Waals surface area contributed by atoms with Crippen LogP contribution in [0.15, 0.2) is 0 Å². The maximum absolute atomic E-state index is 1.78. The summed E-state index contributed by atoms with van der Waals surface area (Å²) >= 11 is 0. The predicted molar refractivity (Wildman–Crippen MR) is 218 cm³/mol. The lowest BCUT2D eigenvalue weighted by atomic mass is 9.30. The van der Waals surface area contributed by atoms with Crippen molar-refractivity contribution in [2.45, 2.75) is 167 Å². The Morgan fingerprint density at radius 3 is 0.593 bits per heavy atom. The lowest BCUT2D eigenvalue weighted by Crippen LogP contribution is -2.69. The molecule has 0 aliphatic heterocycles. The van der Waals surface area contributed by atoms with E-state index in [0.29, 0.717) is 0 Å². The number of rotatable bonds is 0. The molecule has 0 N–H and O–H groups in total. The highest BCUT2D eigenvalue weighted by Crippen LogP contribution is 2.78. The van der Waals surface area contributed by atoms with Crippen LogP contribution in [0.4, 0.5) is 0 Å². The smallest absolute Gasteiger partial charge is 0.0315 e. The third kappa shape index (κ3) is 3.99. The molecule has 0 aromatic heterocycles. The van der Waals surface area contributed by atoms with E-state index in [1.165, 1.54) is 166 Å². The quantitative estimate of drug-likeness (QED) is 0.233. The third-order valence-corrected chi connectivity index (χ3v) is 26.0. The second-order valence-corrected chi connectivity index (χ2v) is 25.8. The Kier molecular flexibility index (Phi) is 7.20. The van der Waals surface area contributed by atoms with Gasteiger partial charge in [0.25, 0.3) is 0 Å². The summed E-state index contributed by atoms with van der Waals surface area (Å²) in [5, 5.41) is 0. The van der Waals surface area contributed by atoms with Gasteiger partial charge < -0.3 is 0 Å². The van der Waals surface area contributed by atoms with Gasteiger partial charge in [-0.3, -0.25) is 0 Å². The molecular weight excluding hydrogens is 649 g/mol. The summed E-state index contributed by atoms with van der Waals surface area (Å²) in [4.78, 5) is 0. The molecule has 296 valence electrons. The van der Waals surface area contributed by atoms with Crippen molar-refractivity contribution in [3.63, 3.8) is 0 Å². The summed E-state index contributed by atoms with van der Waals surface area (Å²) in [6.45, 7) is 0. The van der Waals surface area contributed by atoms with Crippen LogP contribution in [0, 0.1) is 166 Å². The molecule has 15 aliphatic rings. The summed E-state index contributed by atoms with van der Waals surface area (Å²) in [5.41, 5.74) is 0. The maximum atomic E-state index is 1.78. The highest BCUT2D eigenvalue weighted by Gasteiger charge is 2.72. The summed E-state index contributed by atoms with van der Waals surface area (Å²) < 4.78 is 0. The zero-order chi connectivity index (χ0) is 34.6. The molecule has 54 heavy (non-hydrogen) atoms. The Morgan fingerprint density at radius 1 is 0.130 bits per heavy atom. The van der Waals surface area contributed by atoms with E-state index in [2.05, 4.69) is 0 Å². The average molecular weight is 729 g/mol. The first-order valence-electron chi connectivity index (χ1n) is 26.8. The van der Waals surface area contributed by atoms with Gasteiger partial charge in [-0.1, -0.05) is 51.4 Å². The summed E-state index contributed by atoms with van der Waals surface area (Å²) in [6.07, 6.45) is 43.3. The molecule has 0 bridgehead atoms. The molecule has 0 radical (unpaired) electrons.